The third-order valence-electron chi connectivity index (χ3n) is 3.24. The van der Waals surface area contributed by atoms with Crippen LogP contribution in [-0.2, 0) is 4.74 Å². The lowest BCUT2D eigenvalue weighted by atomic mass is 9.85. The summed E-state index contributed by atoms with van der Waals surface area (Å²) in [6, 6.07) is 5.33. The molecule has 1 fully saturated rings. The van der Waals surface area contributed by atoms with E-state index in [1.54, 1.807) is 16.6 Å². The monoisotopic (exact) mass is 231 g/mol. The van der Waals surface area contributed by atoms with Gasteiger partial charge in [-0.05, 0) is 25.0 Å². The van der Waals surface area contributed by atoms with Crippen molar-refractivity contribution >= 4 is 11.6 Å². The molecule has 5 nitrogen and oxygen atoms in total. The largest absolute Gasteiger partial charge is 0.464 e. The van der Waals surface area contributed by atoms with Crippen LogP contribution in [0.5, 0.6) is 0 Å². The quantitative estimate of drug-likeness (QED) is 0.739. The summed E-state index contributed by atoms with van der Waals surface area (Å²) in [5, 5.41) is 4.41. The number of hydrogen-bond acceptors (Lipinski definition) is 4. The normalized spacial score (nSPS) is 15.8. The number of rotatable bonds is 2. The van der Waals surface area contributed by atoms with Crippen LogP contribution in [-0.4, -0.2) is 27.7 Å². The molecule has 0 aliphatic heterocycles. The molecule has 17 heavy (non-hydrogen) atoms. The molecule has 0 spiro atoms. The fraction of sp³-hybridized carbons (Fsp3) is 0.417. The smallest absolute Gasteiger partial charge is 0.356 e. The average Bonchev–Trinajstić information content (AvgIpc) is 2.68. The topological polar surface area (TPSA) is 56.5 Å². The number of carbonyl (C=O) groups excluding carboxylic acids is 1. The summed E-state index contributed by atoms with van der Waals surface area (Å²) in [6.07, 6.45) is 3.53. The SMILES string of the molecule is COC(=O)c1cccc2nc(C3CCC3)nn12. The molecule has 0 bridgehead atoms. The van der Waals surface area contributed by atoms with Gasteiger partial charge >= 0.3 is 5.97 Å². The lowest BCUT2D eigenvalue weighted by Gasteiger charge is -2.21. The predicted molar refractivity (Wildman–Crippen MR) is 60.9 cm³/mol. The molecule has 1 aliphatic carbocycles. The summed E-state index contributed by atoms with van der Waals surface area (Å²) in [7, 11) is 1.37. The molecule has 0 amide bonds. The van der Waals surface area contributed by atoms with Gasteiger partial charge < -0.3 is 4.74 Å². The van der Waals surface area contributed by atoms with Crippen LogP contribution in [0.2, 0.25) is 0 Å². The highest BCUT2D eigenvalue weighted by Gasteiger charge is 2.24. The van der Waals surface area contributed by atoms with Gasteiger partial charge in [0.2, 0.25) is 0 Å². The van der Waals surface area contributed by atoms with Crippen molar-refractivity contribution in [2.75, 3.05) is 7.11 Å². The van der Waals surface area contributed by atoms with E-state index in [1.807, 2.05) is 6.07 Å². The Bertz CT molecular complexity index is 572. The first kappa shape index (κ1) is 10.3. The van der Waals surface area contributed by atoms with Crippen LogP contribution in [0.1, 0.15) is 41.5 Å². The Morgan fingerprint density at radius 2 is 2.29 bits per heavy atom. The van der Waals surface area contributed by atoms with E-state index in [2.05, 4.69) is 10.1 Å². The van der Waals surface area contributed by atoms with Gasteiger partial charge in [-0.3, -0.25) is 0 Å². The van der Waals surface area contributed by atoms with E-state index in [0.717, 1.165) is 18.7 Å². The number of methoxy groups -OCH3 is 1. The summed E-state index contributed by atoms with van der Waals surface area (Å²) in [5.74, 6) is 0.911. The predicted octanol–water partition coefficient (Wildman–Crippen LogP) is 1.78. The molecular formula is C12H13N3O2. The molecule has 0 atom stereocenters. The van der Waals surface area contributed by atoms with Crippen molar-refractivity contribution in [2.24, 2.45) is 0 Å². The highest BCUT2D eigenvalue weighted by atomic mass is 16.5. The highest BCUT2D eigenvalue weighted by Crippen LogP contribution is 2.34. The molecule has 2 aromatic rings. The summed E-state index contributed by atoms with van der Waals surface area (Å²) in [5.41, 5.74) is 1.12. The first-order valence-corrected chi connectivity index (χ1v) is 5.73. The van der Waals surface area contributed by atoms with Crippen molar-refractivity contribution < 1.29 is 9.53 Å². The second-order valence-electron chi connectivity index (χ2n) is 4.27. The van der Waals surface area contributed by atoms with Crippen molar-refractivity contribution in [1.82, 2.24) is 14.6 Å². The van der Waals surface area contributed by atoms with Crippen molar-refractivity contribution in [3.63, 3.8) is 0 Å². The molecule has 0 aromatic carbocycles. The summed E-state index contributed by atoms with van der Waals surface area (Å²) >= 11 is 0. The van der Waals surface area contributed by atoms with Crippen LogP contribution in [0.3, 0.4) is 0 Å². The lowest BCUT2D eigenvalue weighted by Crippen LogP contribution is -2.12. The van der Waals surface area contributed by atoms with Crippen LogP contribution >= 0.6 is 0 Å². The average molecular weight is 231 g/mol. The Labute approximate surface area is 98.4 Å². The second-order valence-corrected chi connectivity index (χ2v) is 4.27. The maximum atomic E-state index is 11.6. The molecule has 2 aromatic heterocycles. The standard InChI is InChI=1S/C12H13N3O2/c1-17-12(16)9-6-3-7-10-13-11(14-15(9)10)8-4-2-5-8/h3,6-8H,2,4-5H2,1H3. The first-order valence-electron chi connectivity index (χ1n) is 5.73. The van der Waals surface area contributed by atoms with Gasteiger partial charge in [-0.1, -0.05) is 12.5 Å². The molecule has 2 heterocycles. The zero-order chi connectivity index (χ0) is 11.8. The number of nitrogens with zero attached hydrogens (tertiary/aromatic N) is 3. The van der Waals surface area contributed by atoms with Gasteiger partial charge in [-0.15, -0.1) is 0 Å². The number of ether oxygens (including phenoxy) is 1. The maximum Gasteiger partial charge on any atom is 0.356 e. The Hall–Kier alpha value is -1.91. The number of aromatic nitrogens is 3. The second kappa shape index (κ2) is 3.84. The molecule has 1 aliphatic rings. The van der Waals surface area contributed by atoms with Gasteiger partial charge in [0, 0.05) is 5.92 Å². The van der Waals surface area contributed by atoms with E-state index in [9.17, 15) is 4.79 Å². The molecular weight excluding hydrogens is 218 g/mol. The fourth-order valence-electron chi connectivity index (χ4n) is 2.02. The summed E-state index contributed by atoms with van der Waals surface area (Å²) in [4.78, 5) is 16.0. The van der Waals surface area contributed by atoms with Crippen LogP contribution < -0.4 is 0 Å². The van der Waals surface area contributed by atoms with Crippen LogP contribution in [0, 0.1) is 0 Å². The number of fused-ring (bicyclic) bond motifs is 1. The van der Waals surface area contributed by atoms with E-state index >= 15 is 0 Å². The van der Waals surface area contributed by atoms with E-state index in [1.165, 1.54) is 13.5 Å². The Balaban J connectivity index is 2.11. The van der Waals surface area contributed by atoms with Crippen molar-refractivity contribution in [1.29, 1.82) is 0 Å². The Kier molecular flexibility index (Phi) is 2.31. The Morgan fingerprint density at radius 1 is 1.47 bits per heavy atom. The summed E-state index contributed by atoms with van der Waals surface area (Å²) < 4.78 is 6.30. The molecule has 3 rings (SSSR count). The van der Waals surface area contributed by atoms with Gasteiger partial charge in [0.25, 0.3) is 0 Å². The van der Waals surface area contributed by atoms with Gasteiger partial charge in [-0.25, -0.2) is 14.3 Å². The van der Waals surface area contributed by atoms with E-state index < -0.39 is 0 Å². The van der Waals surface area contributed by atoms with Gasteiger partial charge in [-0.2, -0.15) is 5.10 Å². The third kappa shape index (κ3) is 1.58. The minimum absolute atomic E-state index is 0.388. The zero-order valence-corrected chi connectivity index (χ0v) is 9.59. The van der Waals surface area contributed by atoms with Crippen LogP contribution in [0.15, 0.2) is 18.2 Å². The third-order valence-corrected chi connectivity index (χ3v) is 3.24. The summed E-state index contributed by atoms with van der Waals surface area (Å²) in [6.45, 7) is 0. The van der Waals surface area contributed by atoms with Crippen LogP contribution in [0.25, 0.3) is 5.65 Å². The van der Waals surface area contributed by atoms with Crippen LogP contribution in [0.4, 0.5) is 0 Å². The lowest BCUT2D eigenvalue weighted by molar-refractivity contribution is 0.0590. The first-order chi connectivity index (χ1) is 8.29. The van der Waals surface area contributed by atoms with Gasteiger partial charge in [0.15, 0.2) is 17.2 Å². The van der Waals surface area contributed by atoms with Crippen molar-refractivity contribution in [3.05, 3.63) is 29.7 Å². The number of esters is 1. The number of hydrogen-bond donors (Lipinski definition) is 0. The van der Waals surface area contributed by atoms with E-state index in [-0.39, 0.29) is 5.97 Å². The van der Waals surface area contributed by atoms with Gasteiger partial charge in [0.05, 0.1) is 7.11 Å². The molecule has 88 valence electrons. The zero-order valence-electron chi connectivity index (χ0n) is 9.59. The molecule has 0 saturated heterocycles. The highest BCUT2D eigenvalue weighted by molar-refractivity contribution is 5.88. The minimum Gasteiger partial charge on any atom is -0.464 e. The number of carbonyl (C=O) groups is 1. The number of pyridine rings is 1. The van der Waals surface area contributed by atoms with Gasteiger partial charge in [0.1, 0.15) is 0 Å². The fourth-order valence-corrected chi connectivity index (χ4v) is 2.02. The molecule has 5 heteroatoms. The molecule has 1 saturated carbocycles. The van der Waals surface area contributed by atoms with Crippen molar-refractivity contribution in [2.45, 2.75) is 25.2 Å². The Morgan fingerprint density at radius 3 is 2.94 bits per heavy atom. The van der Waals surface area contributed by atoms with E-state index in [0.29, 0.717) is 17.3 Å². The molecule has 0 N–H and O–H groups in total. The van der Waals surface area contributed by atoms with E-state index in [4.69, 9.17) is 4.74 Å². The maximum absolute atomic E-state index is 11.6. The molecule has 0 unspecified atom stereocenters. The minimum atomic E-state index is -0.388. The van der Waals surface area contributed by atoms with Crippen molar-refractivity contribution in [3.8, 4) is 0 Å². The molecule has 0 radical (unpaired) electrons.